The second-order valence-electron chi connectivity index (χ2n) is 2.62. The van der Waals surface area contributed by atoms with Crippen molar-refractivity contribution in [3.8, 4) is 0 Å². The number of hydrogen-bond donors (Lipinski definition) is 2. The van der Waals surface area contributed by atoms with Gasteiger partial charge in [0.25, 0.3) is 0 Å². The molecule has 0 aromatic carbocycles. The quantitative estimate of drug-likeness (QED) is 0.867. The highest BCUT2D eigenvalue weighted by molar-refractivity contribution is 9.10. The smallest absolute Gasteiger partial charge is 0.222 e. The van der Waals surface area contributed by atoms with Crippen LogP contribution in [0.1, 0.15) is 6.92 Å². The molecule has 1 rings (SSSR count). The molecule has 0 fully saturated rings. The second-order valence-corrected chi connectivity index (χ2v) is 3.47. The van der Waals surface area contributed by atoms with E-state index >= 15 is 0 Å². The van der Waals surface area contributed by atoms with Gasteiger partial charge in [-0.15, -0.1) is 0 Å². The van der Waals surface area contributed by atoms with Crippen LogP contribution in [0.25, 0.3) is 0 Å². The first kappa shape index (κ1) is 10.7. The predicted molar refractivity (Wildman–Crippen MR) is 58.5 cm³/mol. The Kier molecular flexibility index (Phi) is 3.64. The SMILES string of the molecule is C=C(NC(C)=O)Nc1ncccc1Br. The number of amides is 1. The summed E-state index contributed by atoms with van der Waals surface area (Å²) in [6.45, 7) is 5.04. The van der Waals surface area contributed by atoms with Gasteiger partial charge >= 0.3 is 0 Å². The van der Waals surface area contributed by atoms with Gasteiger partial charge in [-0.05, 0) is 28.1 Å². The van der Waals surface area contributed by atoms with Gasteiger partial charge in [0, 0.05) is 13.1 Å². The number of carbonyl (C=O) groups is 1. The first-order chi connectivity index (χ1) is 6.59. The summed E-state index contributed by atoms with van der Waals surface area (Å²) in [6.07, 6.45) is 1.65. The molecule has 0 saturated carbocycles. The molecule has 0 aliphatic heterocycles. The van der Waals surface area contributed by atoms with E-state index in [9.17, 15) is 4.79 Å². The van der Waals surface area contributed by atoms with Crippen LogP contribution in [0.15, 0.2) is 35.2 Å². The number of aromatic nitrogens is 1. The van der Waals surface area contributed by atoms with Crippen molar-refractivity contribution in [2.24, 2.45) is 0 Å². The first-order valence-corrected chi connectivity index (χ1v) is 4.73. The number of rotatable bonds is 3. The molecule has 0 spiro atoms. The lowest BCUT2D eigenvalue weighted by Crippen LogP contribution is -2.23. The van der Waals surface area contributed by atoms with Crippen LogP contribution in [0.3, 0.4) is 0 Å². The van der Waals surface area contributed by atoms with E-state index in [0.717, 1.165) is 4.47 Å². The fraction of sp³-hybridized carbons (Fsp3) is 0.111. The molecule has 14 heavy (non-hydrogen) atoms. The van der Waals surface area contributed by atoms with Gasteiger partial charge in [-0.25, -0.2) is 4.98 Å². The van der Waals surface area contributed by atoms with Gasteiger partial charge in [0.05, 0.1) is 4.47 Å². The fourth-order valence-electron chi connectivity index (χ4n) is 0.864. The summed E-state index contributed by atoms with van der Waals surface area (Å²) < 4.78 is 0.812. The van der Waals surface area contributed by atoms with E-state index in [1.807, 2.05) is 6.07 Å². The lowest BCUT2D eigenvalue weighted by atomic mass is 10.4. The van der Waals surface area contributed by atoms with E-state index in [0.29, 0.717) is 11.6 Å². The number of halogens is 1. The van der Waals surface area contributed by atoms with Crippen molar-refractivity contribution in [3.63, 3.8) is 0 Å². The Morgan fingerprint density at radius 3 is 2.93 bits per heavy atom. The first-order valence-electron chi connectivity index (χ1n) is 3.93. The van der Waals surface area contributed by atoms with Crippen LogP contribution in [-0.4, -0.2) is 10.9 Å². The third-order valence-corrected chi connectivity index (χ3v) is 1.99. The Hall–Kier alpha value is -1.36. The Morgan fingerprint density at radius 2 is 2.36 bits per heavy atom. The number of carbonyl (C=O) groups excluding carboxylic acids is 1. The highest BCUT2D eigenvalue weighted by Crippen LogP contribution is 2.18. The van der Waals surface area contributed by atoms with Gasteiger partial charge in [-0.3, -0.25) is 4.79 Å². The monoisotopic (exact) mass is 255 g/mol. The Bertz CT molecular complexity index is 365. The summed E-state index contributed by atoms with van der Waals surface area (Å²) in [5.41, 5.74) is 0. The molecule has 0 radical (unpaired) electrons. The molecule has 0 aliphatic rings. The molecule has 2 N–H and O–H groups in total. The van der Waals surface area contributed by atoms with Crippen LogP contribution >= 0.6 is 15.9 Å². The standard InChI is InChI=1S/C9H10BrN3O/c1-6(12-7(2)14)13-9-8(10)4-3-5-11-9/h3-5H,1H2,2H3,(H,11,13)(H,12,14). The summed E-state index contributed by atoms with van der Waals surface area (Å²) in [7, 11) is 0. The van der Waals surface area contributed by atoms with Crippen molar-refractivity contribution in [2.75, 3.05) is 5.32 Å². The van der Waals surface area contributed by atoms with Gasteiger partial charge in [0.1, 0.15) is 11.6 Å². The number of nitrogens with one attached hydrogen (secondary N) is 2. The van der Waals surface area contributed by atoms with Crippen LogP contribution in [-0.2, 0) is 4.79 Å². The second kappa shape index (κ2) is 4.76. The number of nitrogens with zero attached hydrogens (tertiary/aromatic N) is 1. The van der Waals surface area contributed by atoms with Crippen molar-refractivity contribution in [2.45, 2.75) is 6.92 Å². The Labute approximate surface area is 90.6 Å². The van der Waals surface area contributed by atoms with Crippen LogP contribution in [0.2, 0.25) is 0 Å². The zero-order chi connectivity index (χ0) is 10.6. The topological polar surface area (TPSA) is 54.0 Å². The number of pyridine rings is 1. The molecular weight excluding hydrogens is 246 g/mol. The lowest BCUT2D eigenvalue weighted by molar-refractivity contribution is -0.118. The largest absolute Gasteiger partial charge is 0.326 e. The maximum absolute atomic E-state index is 10.7. The highest BCUT2D eigenvalue weighted by Gasteiger charge is 2.01. The van der Waals surface area contributed by atoms with Crippen LogP contribution in [0.4, 0.5) is 5.82 Å². The molecule has 0 bridgehead atoms. The summed E-state index contributed by atoms with van der Waals surface area (Å²) >= 11 is 3.31. The van der Waals surface area contributed by atoms with E-state index in [1.54, 1.807) is 12.3 Å². The minimum Gasteiger partial charge on any atom is -0.326 e. The lowest BCUT2D eigenvalue weighted by Gasteiger charge is -2.09. The molecule has 4 nitrogen and oxygen atoms in total. The van der Waals surface area contributed by atoms with E-state index < -0.39 is 0 Å². The van der Waals surface area contributed by atoms with Crippen molar-refractivity contribution < 1.29 is 4.79 Å². The molecule has 0 atom stereocenters. The average Bonchev–Trinajstić information content (AvgIpc) is 2.07. The minimum atomic E-state index is -0.172. The predicted octanol–water partition coefficient (Wildman–Crippen LogP) is 1.86. The average molecular weight is 256 g/mol. The maximum Gasteiger partial charge on any atom is 0.222 e. The van der Waals surface area contributed by atoms with Crippen molar-refractivity contribution in [1.29, 1.82) is 0 Å². The van der Waals surface area contributed by atoms with E-state index in [4.69, 9.17) is 0 Å². The van der Waals surface area contributed by atoms with Gasteiger partial charge in [-0.1, -0.05) is 6.58 Å². The van der Waals surface area contributed by atoms with Crippen LogP contribution in [0.5, 0.6) is 0 Å². The molecule has 1 aromatic rings. The molecule has 0 aliphatic carbocycles. The number of anilines is 1. The van der Waals surface area contributed by atoms with Crippen molar-refractivity contribution in [3.05, 3.63) is 35.2 Å². The zero-order valence-corrected chi connectivity index (χ0v) is 9.26. The Morgan fingerprint density at radius 1 is 1.64 bits per heavy atom. The molecular formula is C9H10BrN3O. The molecule has 1 aromatic heterocycles. The van der Waals surface area contributed by atoms with E-state index in [-0.39, 0.29) is 5.91 Å². The Balaban J connectivity index is 2.65. The molecule has 74 valence electrons. The van der Waals surface area contributed by atoms with E-state index in [1.165, 1.54) is 6.92 Å². The number of hydrogen-bond acceptors (Lipinski definition) is 3. The van der Waals surface area contributed by atoms with E-state index in [2.05, 4.69) is 38.1 Å². The van der Waals surface area contributed by atoms with Crippen LogP contribution < -0.4 is 10.6 Å². The summed E-state index contributed by atoms with van der Waals surface area (Å²) in [5, 5.41) is 5.37. The third kappa shape index (κ3) is 3.18. The normalized spacial score (nSPS) is 9.29. The molecule has 0 unspecified atom stereocenters. The molecule has 1 heterocycles. The van der Waals surface area contributed by atoms with Gasteiger partial charge in [-0.2, -0.15) is 0 Å². The minimum absolute atomic E-state index is 0.172. The molecule has 5 heteroatoms. The third-order valence-electron chi connectivity index (χ3n) is 1.35. The molecule has 0 saturated heterocycles. The summed E-state index contributed by atoms with van der Waals surface area (Å²) in [5.74, 6) is 0.845. The van der Waals surface area contributed by atoms with Crippen molar-refractivity contribution >= 4 is 27.7 Å². The summed E-state index contributed by atoms with van der Waals surface area (Å²) in [6, 6.07) is 3.65. The van der Waals surface area contributed by atoms with Gasteiger partial charge in [0.2, 0.25) is 5.91 Å². The van der Waals surface area contributed by atoms with Gasteiger partial charge < -0.3 is 10.6 Å². The summed E-state index contributed by atoms with van der Waals surface area (Å²) in [4.78, 5) is 14.7. The highest BCUT2D eigenvalue weighted by atomic mass is 79.9. The van der Waals surface area contributed by atoms with Gasteiger partial charge in [0.15, 0.2) is 0 Å². The van der Waals surface area contributed by atoms with Crippen LogP contribution in [0, 0.1) is 0 Å². The van der Waals surface area contributed by atoms with Crippen molar-refractivity contribution in [1.82, 2.24) is 10.3 Å². The zero-order valence-electron chi connectivity index (χ0n) is 7.67. The molecule has 1 amide bonds. The maximum atomic E-state index is 10.7. The fourth-order valence-corrected chi connectivity index (χ4v) is 1.22.